The molecule has 3 N–H and O–H groups in total. The third-order valence-corrected chi connectivity index (χ3v) is 3.70. The van der Waals surface area contributed by atoms with E-state index in [4.69, 9.17) is 0 Å². The van der Waals surface area contributed by atoms with Crippen LogP contribution in [0.3, 0.4) is 0 Å². The summed E-state index contributed by atoms with van der Waals surface area (Å²) in [6, 6.07) is 4.32. The van der Waals surface area contributed by atoms with Crippen LogP contribution >= 0.6 is 0 Å². The summed E-state index contributed by atoms with van der Waals surface area (Å²) in [5.41, 5.74) is 0.703. The van der Waals surface area contributed by atoms with Crippen molar-refractivity contribution in [3.8, 4) is 0 Å². The first-order valence-corrected chi connectivity index (χ1v) is 6.30. The largest absolute Gasteiger partial charge is 0.316 e. The fourth-order valence-electron chi connectivity index (χ4n) is 2.19. The van der Waals surface area contributed by atoms with Gasteiger partial charge in [-0.2, -0.15) is 5.10 Å². The number of carbonyl (C=O) groups excluding carboxylic acids is 1. The molecule has 19 heavy (non-hydrogen) atoms. The highest BCUT2D eigenvalue weighted by atomic mass is 19.1. The van der Waals surface area contributed by atoms with Crippen molar-refractivity contribution in [2.45, 2.75) is 6.92 Å². The molecule has 1 saturated heterocycles. The SMILES string of the molecule is CC(C(=O)Nc1n[nH]c2ccc(F)cc12)C1CNC1. The number of benzene rings is 1. The molecule has 1 aliphatic rings. The predicted molar refractivity (Wildman–Crippen MR) is 70.2 cm³/mol. The van der Waals surface area contributed by atoms with Gasteiger partial charge in [0.2, 0.25) is 5.91 Å². The molecular weight excluding hydrogens is 247 g/mol. The van der Waals surface area contributed by atoms with Crippen molar-refractivity contribution >= 4 is 22.6 Å². The lowest BCUT2D eigenvalue weighted by Gasteiger charge is -2.31. The summed E-state index contributed by atoms with van der Waals surface area (Å²) in [4.78, 5) is 12.1. The number of halogens is 1. The maximum atomic E-state index is 13.2. The lowest BCUT2D eigenvalue weighted by atomic mass is 9.88. The van der Waals surface area contributed by atoms with E-state index < -0.39 is 0 Å². The van der Waals surface area contributed by atoms with Crippen molar-refractivity contribution in [2.75, 3.05) is 18.4 Å². The second kappa shape index (κ2) is 4.62. The molecule has 0 saturated carbocycles. The van der Waals surface area contributed by atoms with Gasteiger partial charge in [-0.3, -0.25) is 9.89 Å². The van der Waals surface area contributed by atoms with Gasteiger partial charge in [-0.1, -0.05) is 6.92 Å². The van der Waals surface area contributed by atoms with Crippen LogP contribution in [0.1, 0.15) is 6.92 Å². The molecule has 0 radical (unpaired) electrons. The minimum atomic E-state index is -0.347. The Hall–Kier alpha value is -1.95. The number of carbonyl (C=O) groups is 1. The number of anilines is 1. The first kappa shape index (κ1) is 12.1. The Kier molecular flexibility index (Phi) is 2.94. The topological polar surface area (TPSA) is 69.8 Å². The van der Waals surface area contributed by atoms with Crippen molar-refractivity contribution < 1.29 is 9.18 Å². The highest BCUT2D eigenvalue weighted by Gasteiger charge is 2.29. The average molecular weight is 262 g/mol. The Labute approximate surface area is 109 Å². The van der Waals surface area contributed by atoms with Crippen LogP contribution in [0.5, 0.6) is 0 Å². The highest BCUT2D eigenvalue weighted by Crippen LogP contribution is 2.23. The quantitative estimate of drug-likeness (QED) is 0.785. The first-order valence-electron chi connectivity index (χ1n) is 6.30. The fraction of sp³-hybridized carbons (Fsp3) is 0.385. The second-order valence-electron chi connectivity index (χ2n) is 4.96. The van der Waals surface area contributed by atoms with Gasteiger partial charge in [0, 0.05) is 11.3 Å². The van der Waals surface area contributed by atoms with Crippen LogP contribution in [0.2, 0.25) is 0 Å². The van der Waals surface area contributed by atoms with E-state index in [1.807, 2.05) is 6.92 Å². The molecule has 0 bridgehead atoms. The molecule has 1 aliphatic heterocycles. The Balaban J connectivity index is 1.80. The lowest BCUT2D eigenvalue weighted by Crippen LogP contribution is -2.48. The smallest absolute Gasteiger partial charge is 0.228 e. The summed E-state index contributed by atoms with van der Waals surface area (Å²) in [7, 11) is 0. The zero-order valence-corrected chi connectivity index (χ0v) is 10.5. The zero-order chi connectivity index (χ0) is 13.4. The number of aromatic nitrogens is 2. The minimum Gasteiger partial charge on any atom is -0.316 e. The van der Waals surface area contributed by atoms with Crippen molar-refractivity contribution in [3.05, 3.63) is 24.0 Å². The fourth-order valence-corrected chi connectivity index (χ4v) is 2.19. The summed E-state index contributed by atoms with van der Waals surface area (Å²) in [6.45, 7) is 3.63. The van der Waals surface area contributed by atoms with Gasteiger partial charge in [-0.05, 0) is 37.2 Å². The molecule has 2 heterocycles. The van der Waals surface area contributed by atoms with Crippen LogP contribution < -0.4 is 10.6 Å². The normalized spacial score (nSPS) is 17.2. The maximum absolute atomic E-state index is 13.2. The molecule has 0 aliphatic carbocycles. The molecule has 1 atom stereocenters. The summed E-state index contributed by atoms with van der Waals surface area (Å²) < 4.78 is 13.2. The zero-order valence-electron chi connectivity index (χ0n) is 10.5. The van der Waals surface area contributed by atoms with Crippen molar-refractivity contribution in [3.63, 3.8) is 0 Å². The van der Waals surface area contributed by atoms with E-state index in [1.54, 1.807) is 6.07 Å². The number of H-pyrrole nitrogens is 1. The van der Waals surface area contributed by atoms with Crippen LogP contribution in [0.25, 0.3) is 10.9 Å². The summed E-state index contributed by atoms with van der Waals surface area (Å²) >= 11 is 0. The maximum Gasteiger partial charge on any atom is 0.228 e. The summed E-state index contributed by atoms with van der Waals surface area (Å²) in [5, 5.41) is 13.3. The van der Waals surface area contributed by atoms with Crippen LogP contribution in [0.4, 0.5) is 10.2 Å². The molecule has 6 heteroatoms. The number of fused-ring (bicyclic) bond motifs is 1. The molecule has 2 aromatic rings. The number of hydrogen-bond acceptors (Lipinski definition) is 3. The van der Waals surface area contributed by atoms with Crippen molar-refractivity contribution in [1.82, 2.24) is 15.5 Å². The van der Waals surface area contributed by atoms with Crippen LogP contribution in [0.15, 0.2) is 18.2 Å². The van der Waals surface area contributed by atoms with Gasteiger partial charge in [-0.15, -0.1) is 0 Å². The molecule has 1 aromatic heterocycles. The number of amides is 1. The molecule has 100 valence electrons. The summed E-state index contributed by atoms with van der Waals surface area (Å²) in [5.74, 6) is 0.243. The van der Waals surface area contributed by atoms with Crippen LogP contribution in [-0.4, -0.2) is 29.2 Å². The lowest BCUT2D eigenvalue weighted by molar-refractivity contribution is -0.121. The van der Waals surface area contributed by atoms with Crippen molar-refractivity contribution in [2.24, 2.45) is 11.8 Å². The Bertz CT molecular complexity index is 620. The number of hydrogen-bond donors (Lipinski definition) is 3. The highest BCUT2D eigenvalue weighted by molar-refractivity contribution is 6.00. The van der Waals surface area contributed by atoms with Gasteiger partial charge in [0.25, 0.3) is 0 Å². The number of rotatable bonds is 3. The Morgan fingerprint density at radius 1 is 1.53 bits per heavy atom. The molecule has 1 amide bonds. The number of aromatic amines is 1. The Morgan fingerprint density at radius 3 is 3.00 bits per heavy atom. The van der Waals surface area contributed by atoms with Gasteiger partial charge >= 0.3 is 0 Å². The van der Waals surface area contributed by atoms with Gasteiger partial charge in [0.15, 0.2) is 5.82 Å². The third-order valence-electron chi connectivity index (χ3n) is 3.70. The summed E-state index contributed by atoms with van der Waals surface area (Å²) in [6.07, 6.45) is 0. The van der Waals surface area contributed by atoms with Crippen molar-refractivity contribution in [1.29, 1.82) is 0 Å². The third kappa shape index (κ3) is 2.19. The Morgan fingerprint density at radius 2 is 2.32 bits per heavy atom. The molecular formula is C13H15FN4O. The molecule has 3 rings (SSSR count). The second-order valence-corrected chi connectivity index (χ2v) is 4.96. The van der Waals surface area contributed by atoms with Gasteiger partial charge in [-0.25, -0.2) is 4.39 Å². The molecule has 1 aromatic carbocycles. The van der Waals surface area contributed by atoms with Gasteiger partial charge < -0.3 is 10.6 Å². The first-order chi connectivity index (χ1) is 9.15. The number of nitrogens with zero attached hydrogens (tertiary/aromatic N) is 1. The molecule has 0 spiro atoms. The van der Waals surface area contributed by atoms with E-state index in [9.17, 15) is 9.18 Å². The van der Waals surface area contributed by atoms with E-state index >= 15 is 0 Å². The van der Waals surface area contributed by atoms with Gasteiger partial charge in [0.1, 0.15) is 5.82 Å². The molecule has 1 fully saturated rings. The van der Waals surface area contributed by atoms with Crippen LogP contribution in [-0.2, 0) is 4.79 Å². The predicted octanol–water partition coefficient (Wildman–Crippen LogP) is 1.50. The van der Waals surface area contributed by atoms with E-state index in [0.29, 0.717) is 22.6 Å². The van der Waals surface area contributed by atoms with E-state index in [0.717, 1.165) is 13.1 Å². The minimum absolute atomic E-state index is 0.0795. The van der Waals surface area contributed by atoms with Gasteiger partial charge in [0.05, 0.1) is 5.52 Å². The average Bonchev–Trinajstić information content (AvgIpc) is 2.69. The molecule has 5 nitrogen and oxygen atoms in total. The van der Waals surface area contributed by atoms with E-state index in [-0.39, 0.29) is 17.6 Å². The van der Waals surface area contributed by atoms with E-state index in [2.05, 4.69) is 20.8 Å². The monoisotopic (exact) mass is 262 g/mol. The number of nitrogens with one attached hydrogen (secondary N) is 3. The standard InChI is InChI=1S/C13H15FN4O/c1-7(8-5-15-6-8)13(19)16-12-10-4-9(14)2-3-11(10)17-18-12/h2-4,7-8,15H,5-6H2,1H3,(H2,16,17,18,19). The van der Waals surface area contributed by atoms with Crippen LogP contribution in [0, 0.1) is 17.7 Å². The van der Waals surface area contributed by atoms with E-state index in [1.165, 1.54) is 12.1 Å². The molecule has 1 unspecified atom stereocenters.